The van der Waals surface area contributed by atoms with Gasteiger partial charge in [0.1, 0.15) is 12.4 Å². The van der Waals surface area contributed by atoms with Gasteiger partial charge in [-0.3, -0.25) is 0 Å². The lowest BCUT2D eigenvalue weighted by atomic mass is 10.1. The minimum Gasteiger partial charge on any atom is -0.491 e. The molecule has 2 nitrogen and oxygen atoms in total. The first-order chi connectivity index (χ1) is 7.34. The molecule has 2 rings (SSSR count). The molecule has 1 heterocycles. The maximum atomic E-state index is 5.67. The monoisotopic (exact) mass is 318 g/mol. The molecule has 0 amide bonds. The van der Waals surface area contributed by atoms with Gasteiger partial charge in [-0.1, -0.05) is 0 Å². The van der Waals surface area contributed by atoms with Gasteiger partial charge in [0, 0.05) is 10.2 Å². The van der Waals surface area contributed by atoms with E-state index in [0.717, 1.165) is 18.8 Å². The summed E-state index contributed by atoms with van der Waals surface area (Å²) in [4.78, 5) is 0. The van der Waals surface area contributed by atoms with Crippen LogP contribution in [0.4, 0.5) is 0 Å². The van der Waals surface area contributed by atoms with E-state index in [2.05, 4.69) is 34.7 Å². The average Bonchev–Trinajstić information content (AvgIpc) is 2.30. The summed E-state index contributed by atoms with van der Waals surface area (Å²) in [6.07, 6.45) is 3.88. The van der Waals surface area contributed by atoms with Crippen molar-refractivity contribution < 1.29 is 9.47 Å². The van der Waals surface area contributed by atoms with Gasteiger partial charge in [0.15, 0.2) is 0 Å². The molecule has 82 valence electrons. The van der Waals surface area contributed by atoms with Crippen molar-refractivity contribution in [3.8, 4) is 5.75 Å². The second kappa shape index (κ2) is 5.70. The Hall–Kier alpha value is -0.290. The molecule has 1 saturated heterocycles. The molecule has 0 bridgehead atoms. The second-order valence-corrected chi connectivity index (χ2v) is 5.00. The van der Waals surface area contributed by atoms with Crippen LogP contribution < -0.4 is 4.74 Å². The molecule has 0 radical (unpaired) electrons. The molecule has 0 aliphatic carbocycles. The molecule has 15 heavy (non-hydrogen) atoms. The SMILES string of the molecule is Ic1ccc(OCC2CCCCO2)cc1. The topological polar surface area (TPSA) is 18.5 Å². The number of ether oxygens (including phenoxy) is 2. The summed E-state index contributed by atoms with van der Waals surface area (Å²) >= 11 is 2.29. The number of benzene rings is 1. The normalized spacial score (nSPS) is 21.3. The van der Waals surface area contributed by atoms with Crippen LogP contribution in [0, 0.1) is 3.57 Å². The van der Waals surface area contributed by atoms with E-state index in [9.17, 15) is 0 Å². The summed E-state index contributed by atoms with van der Waals surface area (Å²) < 4.78 is 12.5. The molecule has 1 aromatic carbocycles. The maximum absolute atomic E-state index is 5.67. The molecule has 3 heteroatoms. The predicted molar refractivity (Wildman–Crippen MR) is 68.2 cm³/mol. The minimum atomic E-state index is 0.290. The van der Waals surface area contributed by atoms with Crippen molar-refractivity contribution in [2.75, 3.05) is 13.2 Å². The molecule has 1 aliphatic rings. The summed E-state index contributed by atoms with van der Waals surface area (Å²) in [6.45, 7) is 1.57. The molecule has 0 spiro atoms. The van der Waals surface area contributed by atoms with Gasteiger partial charge < -0.3 is 9.47 Å². The number of hydrogen-bond acceptors (Lipinski definition) is 2. The summed E-state index contributed by atoms with van der Waals surface area (Å²) in [5.41, 5.74) is 0. The van der Waals surface area contributed by atoms with Crippen molar-refractivity contribution in [3.63, 3.8) is 0 Å². The van der Waals surface area contributed by atoms with Crippen LogP contribution in [0.5, 0.6) is 5.75 Å². The van der Waals surface area contributed by atoms with Crippen LogP contribution in [0.1, 0.15) is 19.3 Å². The zero-order valence-corrected chi connectivity index (χ0v) is 10.8. The van der Waals surface area contributed by atoms with Crippen LogP contribution in [0.15, 0.2) is 24.3 Å². The fourth-order valence-electron chi connectivity index (χ4n) is 1.66. The maximum Gasteiger partial charge on any atom is 0.119 e. The minimum absolute atomic E-state index is 0.290. The Morgan fingerprint density at radius 3 is 2.73 bits per heavy atom. The number of rotatable bonds is 3. The summed E-state index contributed by atoms with van der Waals surface area (Å²) in [6, 6.07) is 8.12. The van der Waals surface area contributed by atoms with Crippen LogP contribution in [0.3, 0.4) is 0 Å². The quantitative estimate of drug-likeness (QED) is 0.797. The van der Waals surface area contributed by atoms with E-state index in [1.807, 2.05) is 12.1 Å². The zero-order valence-electron chi connectivity index (χ0n) is 8.62. The molecule has 1 fully saturated rings. The Labute approximate surface area is 104 Å². The van der Waals surface area contributed by atoms with E-state index in [0.29, 0.717) is 6.61 Å². The number of hydrogen-bond donors (Lipinski definition) is 0. The van der Waals surface area contributed by atoms with Crippen LogP contribution in [0.25, 0.3) is 0 Å². The highest BCUT2D eigenvalue weighted by atomic mass is 127. The van der Waals surface area contributed by atoms with E-state index < -0.39 is 0 Å². The van der Waals surface area contributed by atoms with Crippen LogP contribution in [0.2, 0.25) is 0 Å². The highest BCUT2D eigenvalue weighted by Gasteiger charge is 2.14. The molecule has 1 aromatic rings. The Morgan fingerprint density at radius 2 is 2.07 bits per heavy atom. The van der Waals surface area contributed by atoms with Crippen molar-refractivity contribution >= 4 is 22.6 Å². The van der Waals surface area contributed by atoms with E-state index in [1.165, 1.54) is 16.4 Å². The molecular formula is C12H15IO2. The molecule has 0 aromatic heterocycles. The Kier molecular flexibility index (Phi) is 4.26. The molecule has 1 atom stereocenters. The van der Waals surface area contributed by atoms with Crippen molar-refractivity contribution in [2.45, 2.75) is 25.4 Å². The smallest absolute Gasteiger partial charge is 0.119 e. The van der Waals surface area contributed by atoms with E-state index in [-0.39, 0.29) is 6.10 Å². The molecule has 1 unspecified atom stereocenters. The highest BCUT2D eigenvalue weighted by Crippen LogP contribution is 2.17. The standard InChI is InChI=1S/C12H15IO2/c13-10-4-6-11(7-5-10)15-9-12-3-1-2-8-14-12/h4-7,12H,1-3,8-9H2. The Balaban J connectivity index is 1.79. The van der Waals surface area contributed by atoms with E-state index >= 15 is 0 Å². The second-order valence-electron chi connectivity index (χ2n) is 3.75. The van der Waals surface area contributed by atoms with Crippen LogP contribution >= 0.6 is 22.6 Å². The third kappa shape index (κ3) is 3.65. The Bertz CT molecular complexity index is 291. The summed E-state index contributed by atoms with van der Waals surface area (Å²) in [5, 5.41) is 0. The lowest BCUT2D eigenvalue weighted by Gasteiger charge is -2.22. The summed E-state index contributed by atoms with van der Waals surface area (Å²) in [7, 11) is 0. The molecule has 0 saturated carbocycles. The van der Waals surface area contributed by atoms with Crippen molar-refractivity contribution in [1.82, 2.24) is 0 Å². The van der Waals surface area contributed by atoms with Crippen molar-refractivity contribution in [2.24, 2.45) is 0 Å². The zero-order chi connectivity index (χ0) is 10.5. The lowest BCUT2D eigenvalue weighted by Crippen LogP contribution is -2.25. The molecule has 0 N–H and O–H groups in total. The largest absolute Gasteiger partial charge is 0.491 e. The van der Waals surface area contributed by atoms with Crippen molar-refractivity contribution in [1.29, 1.82) is 0 Å². The van der Waals surface area contributed by atoms with Gasteiger partial charge in [0.2, 0.25) is 0 Å². The fourth-order valence-corrected chi connectivity index (χ4v) is 2.02. The van der Waals surface area contributed by atoms with Gasteiger partial charge in [-0.15, -0.1) is 0 Å². The van der Waals surface area contributed by atoms with Crippen LogP contribution in [-0.4, -0.2) is 19.3 Å². The lowest BCUT2D eigenvalue weighted by molar-refractivity contribution is -0.0110. The van der Waals surface area contributed by atoms with Gasteiger partial charge in [-0.05, 0) is 66.1 Å². The first-order valence-corrected chi connectivity index (χ1v) is 6.42. The number of halogens is 1. The molecule has 1 aliphatic heterocycles. The van der Waals surface area contributed by atoms with E-state index in [1.54, 1.807) is 0 Å². The van der Waals surface area contributed by atoms with Gasteiger partial charge in [-0.2, -0.15) is 0 Å². The summed E-state index contributed by atoms with van der Waals surface area (Å²) in [5.74, 6) is 0.935. The van der Waals surface area contributed by atoms with E-state index in [4.69, 9.17) is 9.47 Å². The average molecular weight is 318 g/mol. The molecular weight excluding hydrogens is 303 g/mol. The first-order valence-electron chi connectivity index (χ1n) is 5.34. The third-order valence-electron chi connectivity index (χ3n) is 2.52. The fraction of sp³-hybridized carbons (Fsp3) is 0.500. The van der Waals surface area contributed by atoms with Gasteiger partial charge in [-0.25, -0.2) is 0 Å². The van der Waals surface area contributed by atoms with Gasteiger partial charge in [0.05, 0.1) is 6.10 Å². The van der Waals surface area contributed by atoms with Gasteiger partial charge in [0.25, 0.3) is 0 Å². The Morgan fingerprint density at radius 1 is 1.27 bits per heavy atom. The third-order valence-corrected chi connectivity index (χ3v) is 3.24. The van der Waals surface area contributed by atoms with Gasteiger partial charge >= 0.3 is 0 Å². The first kappa shape index (κ1) is 11.2. The highest BCUT2D eigenvalue weighted by molar-refractivity contribution is 14.1. The van der Waals surface area contributed by atoms with Crippen LogP contribution in [-0.2, 0) is 4.74 Å². The van der Waals surface area contributed by atoms with Crippen molar-refractivity contribution in [3.05, 3.63) is 27.8 Å². The predicted octanol–water partition coefficient (Wildman–Crippen LogP) is 3.24.